The van der Waals surface area contributed by atoms with Gasteiger partial charge in [0.2, 0.25) is 5.91 Å². The predicted octanol–water partition coefficient (Wildman–Crippen LogP) is 0.804. The minimum Gasteiger partial charge on any atom is -0.364 e. The summed E-state index contributed by atoms with van der Waals surface area (Å²) in [6.45, 7) is 3.14. The van der Waals surface area contributed by atoms with Crippen molar-refractivity contribution in [3.8, 4) is 0 Å². The Labute approximate surface area is 131 Å². The summed E-state index contributed by atoms with van der Waals surface area (Å²) in [6.07, 6.45) is 5.60. The molecule has 0 aromatic carbocycles. The van der Waals surface area contributed by atoms with E-state index in [2.05, 4.69) is 15.2 Å². The van der Waals surface area contributed by atoms with Crippen LogP contribution >= 0.6 is 0 Å². The maximum absolute atomic E-state index is 12.1. The maximum Gasteiger partial charge on any atom is 0.249 e. The van der Waals surface area contributed by atoms with Gasteiger partial charge < -0.3 is 20.7 Å². The van der Waals surface area contributed by atoms with Gasteiger partial charge in [0, 0.05) is 32.4 Å². The Morgan fingerprint density at radius 2 is 2.18 bits per heavy atom. The number of nitrogens with one attached hydrogen (secondary N) is 1. The minimum absolute atomic E-state index is 0.0251. The average molecular weight is 304 g/mol. The Balaban J connectivity index is 1.48. The molecule has 0 bridgehead atoms. The van der Waals surface area contributed by atoms with E-state index in [1.54, 1.807) is 0 Å². The number of carbonyl (C=O) groups is 1. The predicted molar refractivity (Wildman–Crippen MR) is 84.5 cm³/mol. The molecule has 1 amide bonds. The topological polar surface area (TPSA) is 80.5 Å². The van der Waals surface area contributed by atoms with Gasteiger partial charge in [0.05, 0.1) is 6.10 Å². The molecule has 0 radical (unpaired) electrons. The van der Waals surface area contributed by atoms with Crippen molar-refractivity contribution in [2.45, 2.75) is 44.4 Å². The van der Waals surface area contributed by atoms with Crippen LogP contribution in [0, 0.1) is 0 Å². The van der Waals surface area contributed by atoms with Gasteiger partial charge in [-0.25, -0.2) is 4.98 Å². The molecular formula is C16H24N4O2. The lowest BCUT2D eigenvalue weighted by atomic mass is 10.2. The molecule has 6 nitrogen and oxygen atoms in total. The molecule has 0 aliphatic carbocycles. The smallest absolute Gasteiger partial charge is 0.249 e. The summed E-state index contributed by atoms with van der Waals surface area (Å²) in [6, 6.07) is 4.06. The molecule has 1 aromatic heterocycles. The zero-order chi connectivity index (χ0) is 15.4. The van der Waals surface area contributed by atoms with Gasteiger partial charge in [0.1, 0.15) is 11.9 Å². The Hall–Kier alpha value is -1.66. The molecule has 1 aromatic rings. The number of nitrogens with zero attached hydrogens (tertiary/aromatic N) is 2. The van der Waals surface area contributed by atoms with Crippen LogP contribution in [-0.4, -0.2) is 42.7 Å². The van der Waals surface area contributed by atoms with Gasteiger partial charge in [-0.2, -0.15) is 0 Å². The van der Waals surface area contributed by atoms with Crippen molar-refractivity contribution in [2.24, 2.45) is 5.73 Å². The summed E-state index contributed by atoms with van der Waals surface area (Å²) < 4.78 is 5.59. The number of ether oxygens (including phenoxy) is 1. The van der Waals surface area contributed by atoms with Crippen LogP contribution in [0.5, 0.6) is 0 Å². The molecule has 0 unspecified atom stereocenters. The van der Waals surface area contributed by atoms with Crippen molar-refractivity contribution >= 4 is 11.7 Å². The van der Waals surface area contributed by atoms with Crippen molar-refractivity contribution in [3.63, 3.8) is 0 Å². The highest BCUT2D eigenvalue weighted by molar-refractivity contribution is 5.81. The quantitative estimate of drug-likeness (QED) is 0.841. The number of amides is 1. The highest BCUT2D eigenvalue weighted by atomic mass is 16.5. The van der Waals surface area contributed by atoms with E-state index in [9.17, 15) is 4.79 Å². The number of pyridine rings is 1. The highest BCUT2D eigenvalue weighted by Crippen LogP contribution is 2.19. The monoisotopic (exact) mass is 304 g/mol. The highest BCUT2D eigenvalue weighted by Gasteiger charge is 2.29. The zero-order valence-corrected chi connectivity index (χ0v) is 12.8. The fourth-order valence-corrected chi connectivity index (χ4v) is 3.03. The summed E-state index contributed by atoms with van der Waals surface area (Å²) in [7, 11) is 0. The first-order chi connectivity index (χ1) is 10.8. The number of nitrogens with two attached hydrogens (primary N) is 1. The molecule has 2 fully saturated rings. The molecule has 0 spiro atoms. The van der Waals surface area contributed by atoms with E-state index >= 15 is 0 Å². The van der Waals surface area contributed by atoms with Crippen LogP contribution in [0.4, 0.5) is 5.82 Å². The van der Waals surface area contributed by atoms with Gasteiger partial charge in [0.15, 0.2) is 0 Å². The lowest BCUT2D eigenvalue weighted by Gasteiger charge is -2.16. The van der Waals surface area contributed by atoms with Crippen LogP contribution in [-0.2, 0) is 16.1 Å². The fourth-order valence-electron chi connectivity index (χ4n) is 3.03. The first kappa shape index (κ1) is 15.2. The number of rotatable bonds is 5. The average Bonchev–Trinajstić information content (AvgIpc) is 3.24. The normalized spacial score (nSPS) is 24.7. The van der Waals surface area contributed by atoms with Gasteiger partial charge in [-0.1, -0.05) is 6.07 Å². The number of hydrogen-bond donors (Lipinski definition) is 2. The molecule has 22 heavy (non-hydrogen) atoms. The number of anilines is 1. The molecule has 3 rings (SSSR count). The standard InChI is InChI=1S/C16H24N4O2/c17-9-13-4-5-14(22-13)16(21)19-11-12-3-6-15(18-10-12)20-7-1-2-8-20/h3,6,10,13-14H,1-2,4-5,7-9,11,17H2,(H,19,21)/t13-,14+/m1/s1. The molecule has 0 saturated carbocycles. The first-order valence-electron chi connectivity index (χ1n) is 8.09. The van der Waals surface area contributed by atoms with Gasteiger partial charge in [-0.05, 0) is 37.3 Å². The first-order valence-corrected chi connectivity index (χ1v) is 8.09. The fraction of sp³-hybridized carbons (Fsp3) is 0.625. The molecule has 120 valence electrons. The van der Waals surface area contributed by atoms with E-state index in [4.69, 9.17) is 10.5 Å². The second kappa shape index (κ2) is 7.07. The molecule has 2 atom stereocenters. The van der Waals surface area contributed by atoms with E-state index in [-0.39, 0.29) is 18.1 Å². The van der Waals surface area contributed by atoms with E-state index < -0.39 is 0 Å². The number of aromatic nitrogens is 1. The lowest BCUT2D eigenvalue weighted by molar-refractivity contribution is -0.132. The Bertz CT molecular complexity index is 499. The third-order valence-corrected chi connectivity index (χ3v) is 4.37. The van der Waals surface area contributed by atoms with Gasteiger partial charge in [-0.15, -0.1) is 0 Å². The minimum atomic E-state index is -0.356. The largest absolute Gasteiger partial charge is 0.364 e. The van der Waals surface area contributed by atoms with Crippen molar-refractivity contribution in [3.05, 3.63) is 23.9 Å². The summed E-state index contributed by atoms with van der Waals surface area (Å²) in [5, 5.41) is 2.92. The third-order valence-electron chi connectivity index (χ3n) is 4.37. The van der Waals surface area contributed by atoms with Crippen LogP contribution < -0.4 is 16.0 Å². The Kier molecular flexibility index (Phi) is 4.90. The van der Waals surface area contributed by atoms with Gasteiger partial charge in [-0.3, -0.25) is 4.79 Å². The van der Waals surface area contributed by atoms with Gasteiger partial charge in [0.25, 0.3) is 0 Å². The van der Waals surface area contributed by atoms with Crippen LogP contribution in [0.3, 0.4) is 0 Å². The summed E-state index contributed by atoms with van der Waals surface area (Å²) >= 11 is 0. The van der Waals surface area contributed by atoms with Crippen molar-refractivity contribution in [2.75, 3.05) is 24.5 Å². The van der Waals surface area contributed by atoms with Crippen molar-refractivity contribution < 1.29 is 9.53 Å². The molecule has 6 heteroatoms. The third kappa shape index (κ3) is 3.56. The van der Waals surface area contributed by atoms with Crippen molar-refractivity contribution in [1.29, 1.82) is 0 Å². The van der Waals surface area contributed by atoms with E-state index in [1.165, 1.54) is 12.8 Å². The Morgan fingerprint density at radius 1 is 1.36 bits per heavy atom. The van der Waals surface area contributed by atoms with Crippen LogP contribution in [0.25, 0.3) is 0 Å². The number of carbonyl (C=O) groups excluding carboxylic acids is 1. The van der Waals surface area contributed by atoms with Crippen LogP contribution in [0.2, 0.25) is 0 Å². The molecular weight excluding hydrogens is 280 g/mol. The summed E-state index contributed by atoms with van der Waals surface area (Å²) in [4.78, 5) is 18.8. The molecule has 2 aliphatic heterocycles. The van der Waals surface area contributed by atoms with Crippen molar-refractivity contribution in [1.82, 2.24) is 10.3 Å². The number of hydrogen-bond acceptors (Lipinski definition) is 5. The van der Waals surface area contributed by atoms with Gasteiger partial charge >= 0.3 is 0 Å². The van der Waals surface area contributed by atoms with E-state index in [0.29, 0.717) is 13.1 Å². The van der Waals surface area contributed by atoms with E-state index in [1.807, 2.05) is 18.3 Å². The zero-order valence-electron chi connectivity index (χ0n) is 12.8. The molecule has 3 heterocycles. The lowest BCUT2D eigenvalue weighted by Crippen LogP contribution is -2.35. The second-order valence-electron chi connectivity index (χ2n) is 6.00. The molecule has 2 aliphatic rings. The molecule has 3 N–H and O–H groups in total. The summed E-state index contributed by atoms with van der Waals surface area (Å²) in [5.41, 5.74) is 6.56. The SMILES string of the molecule is NC[C@H]1CC[C@@H](C(=O)NCc2ccc(N3CCCC3)nc2)O1. The molecule has 2 saturated heterocycles. The van der Waals surface area contributed by atoms with E-state index in [0.717, 1.165) is 37.3 Å². The van der Waals surface area contributed by atoms with Crippen LogP contribution in [0.15, 0.2) is 18.3 Å². The Morgan fingerprint density at radius 3 is 2.82 bits per heavy atom. The maximum atomic E-state index is 12.1. The second-order valence-corrected chi connectivity index (χ2v) is 6.00. The van der Waals surface area contributed by atoms with Crippen LogP contribution in [0.1, 0.15) is 31.2 Å². The summed E-state index contributed by atoms with van der Waals surface area (Å²) in [5.74, 6) is 0.969.